The zero-order valence-electron chi connectivity index (χ0n) is 22.6. The lowest BCUT2D eigenvalue weighted by atomic mass is 9.77. The van der Waals surface area contributed by atoms with E-state index >= 15 is 0 Å². The van der Waals surface area contributed by atoms with E-state index in [4.69, 9.17) is 21.3 Å². The zero-order valence-corrected chi connectivity index (χ0v) is 23.4. The van der Waals surface area contributed by atoms with E-state index in [-0.39, 0.29) is 19.8 Å². The number of hydrogen-bond donors (Lipinski definition) is 2. The van der Waals surface area contributed by atoms with Gasteiger partial charge in [0, 0.05) is 34.0 Å². The summed E-state index contributed by atoms with van der Waals surface area (Å²) in [6, 6.07) is 21.7. The molecule has 0 spiro atoms. The number of nitrogens with zero attached hydrogens (tertiary/aromatic N) is 1. The topological polar surface area (TPSA) is 88.5 Å². The van der Waals surface area contributed by atoms with E-state index in [0.717, 1.165) is 27.9 Å². The Morgan fingerprint density at radius 3 is 2.57 bits per heavy atom. The molecule has 1 aliphatic carbocycles. The summed E-state index contributed by atoms with van der Waals surface area (Å²) in [6.45, 7) is 0. The molecule has 2 heterocycles. The second-order valence-electron chi connectivity index (χ2n) is 10.5. The third kappa shape index (κ3) is 5.68. The maximum atomic E-state index is 12.9. The molecule has 0 unspecified atom stereocenters. The summed E-state index contributed by atoms with van der Waals surface area (Å²) in [5.41, 5.74) is 8.59. The van der Waals surface area contributed by atoms with Gasteiger partial charge >= 0.3 is 5.97 Å². The summed E-state index contributed by atoms with van der Waals surface area (Å²) in [6.07, 6.45) is 7.82. The zero-order chi connectivity index (χ0) is 28.5. The number of fused-ring (bicyclic) bond motifs is 1. The molecule has 42 heavy (non-hydrogen) atoms. The van der Waals surface area contributed by atoms with Crippen LogP contribution in [0.25, 0.3) is 28.0 Å². The number of aromatic nitrogens is 1. The van der Waals surface area contributed by atoms with Gasteiger partial charge in [-0.1, -0.05) is 74.0 Å². The van der Waals surface area contributed by atoms with Crippen molar-refractivity contribution < 1.29 is 19.4 Å². The number of hydrogen-bond acceptors (Lipinski definition) is 4. The SMILES string of the molecule is C.COc1ccc(C/C=C2\C(=O)Nc3cc(Cl)c(-c4ccc(-c5ccccc5C5CCC5)cn4)cc32)cc1CC(=O)O. The number of ether oxygens (including phenoxy) is 1. The summed E-state index contributed by atoms with van der Waals surface area (Å²) in [5, 5.41) is 12.7. The van der Waals surface area contributed by atoms with Crippen LogP contribution in [0, 0.1) is 0 Å². The van der Waals surface area contributed by atoms with E-state index in [1.165, 1.54) is 37.5 Å². The van der Waals surface area contributed by atoms with Crippen molar-refractivity contribution in [3.8, 4) is 28.1 Å². The molecule has 4 aromatic rings. The number of allylic oxidation sites excluding steroid dienone is 1. The number of carboxylic acid groups (broad SMARTS) is 1. The van der Waals surface area contributed by atoms with Crippen LogP contribution in [0.3, 0.4) is 0 Å². The predicted octanol–water partition coefficient (Wildman–Crippen LogP) is 8.19. The Kier molecular flexibility index (Phi) is 8.46. The average Bonchev–Trinajstić information content (AvgIpc) is 3.24. The first kappa shape index (κ1) is 29.1. The first-order valence-electron chi connectivity index (χ1n) is 13.7. The molecule has 1 saturated carbocycles. The van der Waals surface area contributed by atoms with Crippen molar-refractivity contribution in [3.05, 3.63) is 106 Å². The number of carbonyl (C=O) groups excluding carboxylic acids is 1. The van der Waals surface area contributed by atoms with E-state index in [1.807, 2.05) is 30.5 Å². The maximum Gasteiger partial charge on any atom is 0.307 e. The first-order valence-corrected chi connectivity index (χ1v) is 14.1. The lowest BCUT2D eigenvalue weighted by molar-refractivity contribution is -0.136. The second-order valence-corrected chi connectivity index (χ2v) is 10.9. The molecule has 0 atom stereocenters. The number of halogens is 1. The second kappa shape index (κ2) is 12.2. The summed E-state index contributed by atoms with van der Waals surface area (Å²) < 4.78 is 5.30. The number of pyridine rings is 1. The Labute approximate surface area is 251 Å². The van der Waals surface area contributed by atoms with Gasteiger partial charge in [0.15, 0.2) is 0 Å². The molecule has 1 fully saturated rings. The van der Waals surface area contributed by atoms with E-state index in [0.29, 0.717) is 39.9 Å². The molecular formula is C35H33ClN2O4. The molecule has 2 aliphatic rings. The molecule has 214 valence electrons. The van der Waals surface area contributed by atoms with Gasteiger partial charge in [-0.15, -0.1) is 0 Å². The van der Waals surface area contributed by atoms with Crippen molar-refractivity contribution in [2.24, 2.45) is 0 Å². The number of nitrogens with one attached hydrogen (secondary N) is 1. The molecule has 3 aromatic carbocycles. The van der Waals surface area contributed by atoms with Crippen molar-refractivity contribution in [1.29, 1.82) is 0 Å². The molecule has 1 aromatic heterocycles. The van der Waals surface area contributed by atoms with E-state index < -0.39 is 5.97 Å². The molecule has 0 bridgehead atoms. The fourth-order valence-corrected chi connectivity index (χ4v) is 5.90. The monoisotopic (exact) mass is 580 g/mol. The van der Waals surface area contributed by atoms with Gasteiger partial charge in [-0.2, -0.15) is 0 Å². The number of amides is 1. The summed E-state index contributed by atoms with van der Waals surface area (Å²) in [5.74, 6) is 0.00552. The summed E-state index contributed by atoms with van der Waals surface area (Å²) in [7, 11) is 1.52. The molecule has 6 nitrogen and oxygen atoms in total. The van der Waals surface area contributed by atoms with Crippen LogP contribution in [0.1, 0.15) is 54.9 Å². The molecule has 7 heteroatoms. The highest BCUT2D eigenvalue weighted by Gasteiger charge is 2.26. The van der Waals surface area contributed by atoms with Gasteiger partial charge in [-0.05, 0) is 66.1 Å². The van der Waals surface area contributed by atoms with Gasteiger partial charge in [-0.25, -0.2) is 0 Å². The molecule has 0 radical (unpaired) electrons. The van der Waals surface area contributed by atoms with E-state index in [2.05, 4.69) is 35.6 Å². The smallest absolute Gasteiger partial charge is 0.307 e. The van der Waals surface area contributed by atoms with Gasteiger partial charge in [0.2, 0.25) is 0 Å². The maximum absolute atomic E-state index is 12.9. The van der Waals surface area contributed by atoms with Gasteiger partial charge in [-0.3, -0.25) is 14.6 Å². The van der Waals surface area contributed by atoms with E-state index in [9.17, 15) is 14.7 Å². The number of carboxylic acids is 1. The third-order valence-electron chi connectivity index (χ3n) is 7.97. The molecule has 0 saturated heterocycles. The quantitative estimate of drug-likeness (QED) is 0.205. The van der Waals surface area contributed by atoms with Gasteiger partial charge in [0.05, 0.1) is 29.9 Å². The highest BCUT2D eigenvalue weighted by molar-refractivity contribution is 6.36. The lowest BCUT2D eigenvalue weighted by Gasteiger charge is -2.28. The molecule has 2 N–H and O–H groups in total. The Morgan fingerprint density at radius 2 is 1.88 bits per heavy atom. The van der Waals surface area contributed by atoms with Crippen molar-refractivity contribution in [1.82, 2.24) is 4.98 Å². The summed E-state index contributed by atoms with van der Waals surface area (Å²) in [4.78, 5) is 29.0. The van der Waals surface area contributed by atoms with Crippen LogP contribution in [0.2, 0.25) is 5.02 Å². The fraction of sp³-hybridized carbons (Fsp3) is 0.229. The Morgan fingerprint density at radius 1 is 1.07 bits per heavy atom. The Bertz CT molecular complexity index is 1690. The Balaban J connectivity index is 0.00000353. The van der Waals surface area contributed by atoms with Crippen LogP contribution in [0.4, 0.5) is 5.69 Å². The van der Waals surface area contributed by atoms with Crippen LogP contribution in [0.15, 0.2) is 79.0 Å². The lowest BCUT2D eigenvalue weighted by Crippen LogP contribution is -2.09. The molecule has 1 aliphatic heterocycles. The van der Waals surface area contributed by atoms with Crippen molar-refractivity contribution in [2.75, 3.05) is 12.4 Å². The number of aliphatic carboxylic acids is 1. The van der Waals surface area contributed by atoms with Crippen LogP contribution in [0.5, 0.6) is 5.75 Å². The Hall–Kier alpha value is -4.42. The number of benzene rings is 3. The van der Waals surface area contributed by atoms with Crippen LogP contribution in [-0.4, -0.2) is 29.1 Å². The van der Waals surface area contributed by atoms with Crippen LogP contribution >= 0.6 is 11.6 Å². The highest BCUT2D eigenvalue weighted by Crippen LogP contribution is 2.42. The van der Waals surface area contributed by atoms with Crippen molar-refractivity contribution in [2.45, 2.75) is 45.4 Å². The van der Waals surface area contributed by atoms with Crippen LogP contribution < -0.4 is 10.1 Å². The van der Waals surface area contributed by atoms with Gasteiger partial charge in [0.1, 0.15) is 5.75 Å². The number of carbonyl (C=O) groups is 2. The third-order valence-corrected chi connectivity index (χ3v) is 8.29. The highest BCUT2D eigenvalue weighted by atomic mass is 35.5. The van der Waals surface area contributed by atoms with Crippen molar-refractivity contribution in [3.63, 3.8) is 0 Å². The number of methoxy groups -OCH3 is 1. The average molecular weight is 581 g/mol. The minimum Gasteiger partial charge on any atom is -0.496 e. The van der Waals surface area contributed by atoms with Crippen molar-refractivity contribution >= 4 is 34.7 Å². The molecule has 1 amide bonds. The first-order chi connectivity index (χ1) is 19.9. The number of rotatable bonds is 8. The van der Waals surface area contributed by atoms with Gasteiger partial charge in [0.25, 0.3) is 5.91 Å². The largest absolute Gasteiger partial charge is 0.496 e. The molecule has 6 rings (SSSR count). The predicted molar refractivity (Wildman–Crippen MR) is 168 cm³/mol. The van der Waals surface area contributed by atoms with Crippen LogP contribution in [-0.2, 0) is 22.4 Å². The fourth-order valence-electron chi connectivity index (χ4n) is 5.64. The minimum atomic E-state index is -0.934. The van der Waals surface area contributed by atoms with Gasteiger partial charge < -0.3 is 15.2 Å². The standard InChI is InChI=1S/C34H29ClN2O4.CH4/c1-41-32-14-10-20(15-23(32)16-33(38)39)9-12-26-27-17-28(29(35)18-31(27)37-34(26)40)30-13-11-22(19-36-30)25-8-3-2-7-24(25)21-5-4-6-21;/h2-3,7-8,10-15,17-19,21H,4-6,9,16H2,1H3,(H,37,40)(H,38,39);1H4/b26-12-;. The summed E-state index contributed by atoms with van der Waals surface area (Å²) >= 11 is 6.68. The number of anilines is 1. The molecular weight excluding hydrogens is 548 g/mol. The minimum absolute atomic E-state index is 0. The normalized spacial score (nSPS) is 15.0. The van der Waals surface area contributed by atoms with E-state index in [1.54, 1.807) is 18.2 Å².